The molecule has 0 aromatic carbocycles. The Morgan fingerprint density at radius 3 is 1.92 bits per heavy atom. The summed E-state index contributed by atoms with van der Waals surface area (Å²) in [5, 5.41) is 1.63. The van der Waals surface area contributed by atoms with Crippen LogP contribution in [0.5, 0.6) is 0 Å². The zero-order chi connectivity index (χ0) is 7.78. The molecule has 0 aromatic rings. The van der Waals surface area contributed by atoms with Gasteiger partial charge in [-0.15, -0.1) is 24.8 Å². The van der Waals surface area contributed by atoms with Crippen molar-refractivity contribution in [3.8, 4) is 0 Å². The molecule has 0 aliphatic heterocycles. The fourth-order valence-corrected chi connectivity index (χ4v) is 4.62. The molecule has 4 heteroatoms. The Morgan fingerprint density at radius 1 is 1.25 bits per heavy atom. The zero-order valence-electron chi connectivity index (χ0n) is 7.63. The number of rotatable bonds is 1. The van der Waals surface area contributed by atoms with Gasteiger partial charge in [-0.05, 0) is 0 Å². The molecule has 0 radical (unpaired) electrons. The van der Waals surface area contributed by atoms with Gasteiger partial charge >= 0.3 is 73.2 Å². The minimum absolute atomic E-state index is 0. The van der Waals surface area contributed by atoms with Crippen molar-refractivity contribution in [3.05, 3.63) is 21.6 Å². The predicted octanol–water partition coefficient (Wildman–Crippen LogP) is 3.47. The summed E-state index contributed by atoms with van der Waals surface area (Å²) < 4.78 is 1.53. The van der Waals surface area contributed by atoms with Crippen molar-refractivity contribution in [3.63, 3.8) is 0 Å². The summed E-state index contributed by atoms with van der Waals surface area (Å²) >= 11 is 2.70. The molecule has 70 valence electrons. The summed E-state index contributed by atoms with van der Waals surface area (Å²) in [6, 6.07) is 0. The monoisotopic (exact) mass is 260 g/mol. The van der Waals surface area contributed by atoms with E-state index in [1.54, 1.807) is 5.20 Å². The van der Waals surface area contributed by atoms with Crippen LogP contribution >= 0.6 is 24.8 Å². The fraction of sp³-hybridized carbons (Fsp3) is 0.500. The van der Waals surface area contributed by atoms with Gasteiger partial charge in [-0.1, -0.05) is 0 Å². The van der Waals surface area contributed by atoms with Crippen LogP contribution in [0.1, 0.15) is 6.42 Å². The molecule has 1 rings (SSSR count). The Labute approximate surface area is 97.7 Å². The summed E-state index contributed by atoms with van der Waals surface area (Å²) in [4.78, 5) is 0. The third kappa shape index (κ3) is 3.72. The zero-order valence-corrected chi connectivity index (χ0v) is 11.7. The van der Waals surface area contributed by atoms with E-state index in [1.165, 1.54) is 10.7 Å². The third-order valence-electron chi connectivity index (χ3n) is 1.71. The van der Waals surface area contributed by atoms with E-state index in [2.05, 4.69) is 49.2 Å². The molecule has 0 bridgehead atoms. The van der Waals surface area contributed by atoms with Crippen molar-refractivity contribution in [2.75, 3.05) is 0 Å². The summed E-state index contributed by atoms with van der Waals surface area (Å²) in [7, 11) is -1.01. The standard InChI is InChI=1S/C8H13Si.2ClH.V/c1-9(2,3)8-6-4-5-7-8;;;/h4,6H,5H2,1-3H3;2*1H;. The van der Waals surface area contributed by atoms with Crippen molar-refractivity contribution in [1.29, 1.82) is 0 Å². The van der Waals surface area contributed by atoms with Crippen molar-refractivity contribution in [1.82, 2.24) is 0 Å². The van der Waals surface area contributed by atoms with Crippen molar-refractivity contribution >= 4 is 32.9 Å². The van der Waals surface area contributed by atoms with Crippen LogP contribution in [0.3, 0.4) is 0 Å². The summed E-state index contributed by atoms with van der Waals surface area (Å²) in [5.74, 6) is 0. The molecule has 0 unspecified atom stereocenters. The molecule has 12 heavy (non-hydrogen) atoms. The van der Waals surface area contributed by atoms with Gasteiger partial charge in [0.15, 0.2) is 0 Å². The normalized spacial score (nSPS) is 15.6. The summed E-state index contributed by atoms with van der Waals surface area (Å²) in [6.07, 6.45) is 5.74. The molecule has 0 nitrogen and oxygen atoms in total. The fourth-order valence-electron chi connectivity index (χ4n) is 1.18. The number of halogens is 2. The molecule has 0 N–H and O–H groups in total. The quantitative estimate of drug-likeness (QED) is 0.634. The topological polar surface area (TPSA) is 0 Å². The van der Waals surface area contributed by atoms with E-state index in [9.17, 15) is 0 Å². The Balaban J connectivity index is 0. The van der Waals surface area contributed by atoms with Gasteiger partial charge in [0, 0.05) is 0 Å². The van der Waals surface area contributed by atoms with Crippen LogP contribution in [0, 0.1) is 0 Å². The minimum Gasteiger partial charge on any atom is -0.147 e. The summed E-state index contributed by atoms with van der Waals surface area (Å²) in [5.41, 5.74) is 0. The van der Waals surface area contributed by atoms with E-state index in [0.29, 0.717) is 0 Å². The van der Waals surface area contributed by atoms with E-state index < -0.39 is 8.07 Å². The number of hydrogen-bond donors (Lipinski definition) is 0. The van der Waals surface area contributed by atoms with E-state index in [4.69, 9.17) is 0 Å². The molecule has 0 saturated carbocycles. The number of allylic oxidation sites excluding steroid dienone is 4. The van der Waals surface area contributed by atoms with E-state index in [1.807, 2.05) is 0 Å². The van der Waals surface area contributed by atoms with E-state index >= 15 is 0 Å². The molecule has 0 heterocycles. The van der Waals surface area contributed by atoms with Gasteiger partial charge in [0.25, 0.3) is 0 Å². The number of hydrogen-bond acceptors (Lipinski definition) is 0. The minimum atomic E-state index is -1.01. The molecule has 1 aliphatic carbocycles. The van der Waals surface area contributed by atoms with Crippen molar-refractivity contribution in [2.45, 2.75) is 26.1 Å². The van der Waals surface area contributed by atoms with Gasteiger partial charge in [0.05, 0.1) is 0 Å². The average Bonchev–Trinajstić information content (AvgIpc) is 2.11. The average molecular weight is 261 g/mol. The first kappa shape index (κ1) is 15.3. The Hall–Kier alpha value is 0.861. The van der Waals surface area contributed by atoms with Gasteiger partial charge < -0.3 is 0 Å². The largest absolute Gasteiger partial charge is 0.147 e. The van der Waals surface area contributed by atoms with Gasteiger partial charge in [-0.3, -0.25) is 0 Å². The SMILES string of the molecule is C[Si](C)(C)C1=[C]([V])CC=C1.Cl.Cl. The van der Waals surface area contributed by atoms with Crippen LogP contribution in [0.25, 0.3) is 0 Å². The summed E-state index contributed by atoms with van der Waals surface area (Å²) in [6.45, 7) is 7.18. The third-order valence-corrected chi connectivity index (χ3v) is 4.80. The van der Waals surface area contributed by atoms with Crippen molar-refractivity contribution in [2.24, 2.45) is 0 Å². The molecular formula is C8H15Cl2SiV. The molecule has 0 atom stereocenters. The van der Waals surface area contributed by atoms with E-state index in [-0.39, 0.29) is 24.8 Å². The Bertz CT molecular complexity index is 204. The molecular weight excluding hydrogens is 246 g/mol. The second-order valence-corrected chi connectivity index (χ2v) is 9.60. The predicted molar refractivity (Wildman–Crippen MR) is 58.6 cm³/mol. The van der Waals surface area contributed by atoms with Crippen LogP contribution in [0.4, 0.5) is 0 Å². The molecule has 0 saturated heterocycles. The van der Waals surface area contributed by atoms with Gasteiger partial charge in [0.1, 0.15) is 0 Å². The smallest absolute Gasteiger partial charge is 0.147 e. The first-order valence-electron chi connectivity index (χ1n) is 3.61. The van der Waals surface area contributed by atoms with E-state index in [0.717, 1.165) is 0 Å². The van der Waals surface area contributed by atoms with Crippen LogP contribution in [0.15, 0.2) is 21.6 Å². The second kappa shape index (κ2) is 5.56. The van der Waals surface area contributed by atoms with Crippen LogP contribution < -0.4 is 0 Å². The molecule has 0 aromatic heterocycles. The van der Waals surface area contributed by atoms with Crippen LogP contribution in [0.2, 0.25) is 19.6 Å². The first-order valence-corrected chi connectivity index (χ1v) is 7.81. The molecule has 0 fully saturated rings. The Kier molecular flexibility index (Phi) is 7.11. The van der Waals surface area contributed by atoms with Crippen molar-refractivity contribution < 1.29 is 17.4 Å². The van der Waals surface area contributed by atoms with Gasteiger partial charge in [-0.2, -0.15) is 0 Å². The first-order chi connectivity index (χ1) is 4.52. The Morgan fingerprint density at radius 2 is 1.75 bits per heavy atom. The van der Waals surface area contributed by atoms with Gasteiger partial charge in [-0.25, -0.2) is 0 Å². The molecule has 0 spiro atoms. The van der Waals surface area contributed by atoms with Gasteiger partial charge in [0.2, 0.25) is 0 Å². The maximum Gasteiger partial charge on any atom is -0.147 e. The maximum absolute atomic E-state index is 2.70. The molecule has 1 aliphatic rings. The maximum atomic E-state index is 2.70. The molecule has 0 amide bonds. The van der Waals surface area contributed by atoms with Crippen LogP contribution in [-0.2, 0) is 17.4 Å². The van der Waals surface area contributed by atoms with Crippen LogP contribution in [-0.4, -0.2) is 8.07 Å². The second-order valence-electron chi connectivity index (χ2n) is 3.72.